The van der Waals surface area contributed by atoms with Crippen LogP contribution in [-0.2, 0) is 32.0 Å². The van der Waals surface area contributed by atoms with E-state index in [4.69, 9.17) is 5.73 Å². The Hall–Kier alpha value is -3.72. The molecule has 5 N–H and O–H groups in total. The molecular formula is C26H32N4O5. The fourth-order valence-electron chi connectivity index (χ4n) is 4.21. The van der Waals surface area contributed by atoms with Gasteiger partial charge in [0.05, 0.1) is 6.04 Å². The number of nitrogens with one attached hydrogen (secondary N) is 2. The molecule has 3 rings (SSSR count). The smallest absolute Gasteiger partial charge is 0.326 e. The van der Waals surface area contributed by atoms with Crippen LogP contribution in [0.5, 0.6) is 0 Å². The van der Waals surface area contributed by atoms with Crippen LogP contribution in [0.2, 0.25) is 0 Å². The molecule has 0 aromatic heterocycles. The van der Waals surface area contributed by atoms with Gasteiger partial charge in [0.2, 0.25) is 17.7 Å². The Labute approximate surface area is 204 Å². The van der Waals surface area contributed by atoms with Crippen LogP contribution in [0, 0.1) is 0 Å². The standard InChI is InChI=1S/C26H32N4O5/c1-17(25(33)30-14-8-13-22(30)26(34)35)28-24(32)21(16-19-11-6-3-7-12-19)29-23(31)20(27)15-18-9-4-2-5-10-18/h2-7,9-12,17,20-22H,8,13-16,27H2,1H3,(H,28,32)(H,29,31)(H,34,35). The summed E-state index contributed by atoms with van der Waals surface area (Å²) in [6.45, 7) is 1.84. The fraction of sp³-hybridized carbons (Fsp3) is 0.385. The Bertz CT molecular complexity index is 1030. The third kappa shape index (κ3) is 7.13. The van der Waals surface area contributed by atoms with E-state index in [-0.39, 0.29) is 6.42 Å². The van der Waals surface area contributed by atoms with Crippen molar-refractivity contribution in [3.05, 3.63) is 71.8 Å². The van der Waals surface area contributed by atoms with E-state index in [0.717, 1.165) is 11.1 Å². The molecular weight excluding hydrogens is 448 g/mol. The number of hydrogen-bond acceptors (Lipinski definition) is 5. The van der Waals surface area contributed by atoms with Gasteiger partial charge in [-0.25, -0.2) is 4.79 Å². The quantitative estimate of drug-likeness (QED) is 0.397. The molecule has 0 spiro atoms. The molecule has 9 nitrogen and oxygen atoms in total. The van der Waals surface area contributed by atoms with Gasteiger partial charge in [-0.3, -0.25) is 14.4 Å². The lowest BCUT2D eigenvalue weighted by molar-refractivity contribution is -0.149. The molecule has 1 aliphatic rings. The Balaban J connectivity index is 1.68. The highest BCUT2D eigenvalue weighted by Crippen LogP contribution is 2.18. The summed E-state index contributed by atoms with van der Waals surface area (Å²) in [5.41, 5.74) is 7.83. The SMILES string of the molecule is CC(NC(=O)C(Cc1ccccc1)NC(=O)C(N)Cc1ccccc1)C(=O)N1CCCC1C(=O)O. The van der Waals surface area contributed by atoms with E-state index in [2.05, 4.69) is 10.6 Å². The van der Waals surface area contributed by atoms with E-state index in [1.54, 1.807) is 0 Å². The molecule has 1 saturated heterocycles. The average molecular weight is 481 g/mol. The monoisotopic (exact) mass is 480 g/mol. The van der Waals surface area contributed by atoms with Gasteiger partial charge in [-0.05, 0) is 37.3 Å². The number of carboxylic acid groups (broad SMARTS) is 1. The van der Waals surface area contributed by atoms with Gasteiger partial charge >= 0.3 is 5.97 Å². The molecule has 2 aromatic carbocycles. The van der Waals surface area contributed by atoms with Crippen LogP contribution in [0.3, 0.4) is 0 Å². The largest absolute Gasteiger partial charge is 0.480 e. The van der Waals surface area contributed by atoms with Crippen molar-refractivity contribution in [2.75, 3.05) is 6.54 Å². The minimum absolute atomic E-state index is 0.207. The summed E-state index contributed by atoms with van der Waals surface area (Å²) in [4.78, 5) is 51.6. The highest BCUT2D eigenvalue weighted by Gasteiger charge is 2.37. The average Bonchev–Trinajstić information content (AvgIpc) is 3.34. The highest BCUT2D eigenvalue weighted by atomic mass is 16.4. The Kier molecular flexibility index (Phi) is 8.97. The molecule has 4 atom stereocenters. The molecule has 1 aliphatic heterocycles. The van der Waals surface area contributed by atoms with Gasteiger partial charge in [-0.2, -0.15) is 0 Å². The third-order valence-electron chi connectivity index (χ3n) is 6.10. The van der Waals surface area contributed by atoms with Crippen molar-refractivity contribution in [2.24, 2.45) is 5.73 Å². The van der Waals surface area contributed by atoms with Crippen molar-refractivity contribution in [1.82, 2.24) is 15.5 Å². The second kappa shape index (κ2) is 12.1. The van der Waals surface area contributed by atoms with Crippen LogP contribution in [0.15, 0.2) is 60.7 Å². The van der Waals surface area contributed by atoms with E-state index in [1.807, 2.05) is 60.7 Å². The zero-order chi connectivity index (χ0) is 25.4. The van der Waals surface area contributed by atoms with Gasteiger partial charge in [-0.1, -0.05) is 60.7 Å². The van der Waals surface area contributed by atoms with E-state index in [9.17, 15) is 24.3 Å². The predicted molar refractivity (Wildman–Crippen MR) is 130 cm³/mol. The summed E-state index contributed by atoms with van der Waals surface area (Å²) in [6, 6.07) is 14.9. The summed E-state index contributed by atoms with van der Waals surface area (Å²) in [5.74, 6) is -2.54. The normalized spacial score (nSPS) is 17.8. The number of carbonyl (C=O) groups is 4. The predicted octanol–water partition coefficient (Wildman–Crippen LogP) is 0.864. The van der Waals surface area contributed by atoms with E-state index < -0.39 is 47.9 Å². The summed E-state index contributed by atoms with van der Waals surface area (Å²) in [6.07, 6.45) is 1.49. The van der Waals surface area contributed by atoms with Gasteiger partial charge in [-0.15, -0.1) is 0 Å². The van der Waals surface area contributed by atoms with Crippen molar-refractivity contribution in [3.63, 3.8) is 0 Å². The number of aliphatic carboxylic acids is 1. The highest BCUT2D eigenvalue weighted by molar-refractivity contribution is 5.94. The van der Waals surface area contributed by atoms with Gasteiger partial charge in [0.1, 0.15) is 18.1 Å². The molecule has 0 radical (unpaired) electrons. The number of likely N-dealkylation sites (tertiary alicyclic amines) is 1. The van der Waals surface area contributed by atoms with E-state index >= 15 is 0 Å². The number of amides is 3. The molecule has 1 fully saturated rings. The number of nitrogens with zero attached hydrogens (tertiary/aromatic N) is 1. The van der Waals surface area contributed by atoms with E-state index in [1.165, 1.54) is 11.8 Å². The van der Waals surface area contributed by atoms with Crippen molar-refractivity contribution in [2.45, 2.75) is 56.8 Å². The maximum atomic E-state index is 13.2. The topological polar surface area (TPSA) is 142 Å². The number of carbonyl (C=O) groups excluding carboxylic acids is 3. The molecule has 9 heteroatoms. The van der Waals surface area contributed by atoms with Gasteiger partial charge < -0.3 is 26.4 Å². The summed E-state index contributed by atoms with van der Waals surface area (Å²) in [5, 5.41) is 14.7. The first kappa shape index (κ1) is 25.9. The molecule has 2 aromatic rings. The number of hydrogen-bond donors (Lipinski definition) is 4. The lowest BCUT2D eigenvalue weighted by atomic mass is 10.0. The molecule has 0 aliphatic carbocycles. The molecule has 4 unspecified atom stereocenters. The molecule has 0 bridgehead atoms. The van der Waals surface area contributed by atoms with Gasteiger partial charge in [0.15, 0.2) is 0 Å². The first-order valence-corrected chi connectivity index (χ1v) is 11.7. The van der Waals surface area contributed by atoms with E-state index in [0.29, 0.717) is 25.8 Å². The second-order valence-corrected chi connectivity index (χ2v) is 8.81. The first-order chi connectivity index (χ1) is 16.8. The number of rotatable bonds is 10. The molecule has 0 saturated carbocycles. The zero-order valence-corrected chi connectivity index (χ0v) is 19.7. The van der Waals surface area contributed by atoms with Crippen molar-refractivity contribution < 1.29 is 24.3 Å². The number of nitrogens with two attached hydrogens (primary N) is 1. The third-order valence-corrected chi connectivity index (χ3v) is 6.10. The molecule has 3 amide bonds. The maximum absolute atomic E-state index is 13.2. The lowest BCUT2D eigenvalue weighted by Gasteiger charge is -2.27. The van der Waals surface area contributed by atoms with Gasteiger partial charge in [0, 0.05) is 13.0 Å². The van der Waals surface area contributed by atoms with Crippen molar-refractivity contribution >= 4 is 23.7 Å². The molecule has 1 heterocycles. The van der Waals surface area contributed by atoms with Crippen molar-refractivity contribution in [3.8, 4) is 0 Å². The second-order valence-electron chi connectivity index (χ2n) is 8.81. The molecule has 186 valence electrons. The Morgan fingerprint density at radius 2 is 1.51 bits per heavy atom. The summed E-state index contributed by atoms with van der Waals surface area (Å²) >= 11 is 0. The van der Waals surface area contributed by atoms with Gasteiger partial charge in [0.25, 0.3) is 0 Å². The first-order valence-electron chi connectivity index (χ1n) is 11.7. The number of carboxylic acids is 1. The minimum atomic E-state index is -1.06. The maximum Gasteiger partial charge on any atom is 0.326 e. The zero-order valence-electron chi connectivity index (χ0n) is 19.7. The van der Waals surface area contributed by atoms with Crippen LogP contribution in [-0.4, -0.2) is 64.4 Å². The van der Waals surface area contributed by atoms with Crippen LogP contribution in [0.4, 0.5) is 0 Å². The summed E-state index contributed by atoms with van der Waals surface area (Å²) < 4.78 is 0. The molecule has 35 heavy (non-hydrogen) atoms. The lowest BCUT2D eigenvalue weighted by Crippen LogP contribution is -2.57. The van der Waals surface area contributed by atoms with Crippen LogP contribution >= 0.6 is 0 Å². The van der Waals surface area contributed by atoms with Crippen LogP contribution < -0.4 is 16.4 Å². The fourth-order valence-corrected chi connectivity index (χ4v) is 4.21. The minimum Gasteiger partial charge on any atom is -0.480 e. The van der Waals surface area contributed by atoms with Crippen LogP contribution in [0.25, 0.3) is 0 Å². The van der Waals surface area contributed by atoms with Crippen molar-refractivity contribution in [1.29, 1.82) is 0 Å². The van der Waals surface area contributed by atoms with Crippen LogP contribution in [0.1, 0.15) is 30.9 Å². The Morgan fingerprint density at radius 3 is 2.09 bits per heavy atom. The Morgan fingerprint density at radius 1 is 0.943 bits per heavy atom. The summed E-state index contributed by atoms with van der Waals surface area (Å²) in [7, 11) is 0. The number of benzene rings is 2.